The number of fused-ring (bicyclic) bond motifs is 3. The van der Waals surface area contributed by atoms with Crippen LogP contribution in [0.15, 0.2) is 35.2 Å². The predicted molar refractivity (Wildman–Crippen MR) is 109 cm³/mol. The normalized spacial score (nSPS) is 14.4. The molecule has 0 spiro atoms. The number of hydrogen-bond donors (Lipinski definition) is 1. The molecule has 3 aromatic rings. The maximum absolute atomic E-state index is 13.4. The monoisotopic (exact) mass is 440 g/mol. The van der Waals surface area contributed by atoms with Crippen molar-refractivity contribution in [3.8, 4) is 11.5 Å². The molecular weight excluding hydrogens is 423 g/mol. The van der Waals surface area contributed by atoms with Crippen LogP contribution in [0.2, 0.25) is 10.0 Å². The molecule has 0 fully saturated rings. The second kappa shape index (κ2) is 7.15. The molecule has 2 aromatic carbocycles. The van der Waals surface area contributed by atoms with Gasteiger partial charge in [-0.15, -0.1) is 0 Å². The Hall–Kier alpha value is -1.93. The zero-order valence-corrected chi connectivity index (χ0v) is 17.6. The molecule has 0 unspecified atom stereocenters. The van der Waals surface area contributed by atoms with E-state index in [0.717, 1.165) is 10.9 Å². The lowest BCUT2D eigenvalue weighted by Crippen LogP contribution is -2.16. The van der Waals surface area contributed by atoms with E-state index in [0.29, 0.717) is 47.4 Å². The third-order valence-corrected chi connectivity index (χ3v) is 7.26. The van der Waals surface area contributed by atoms with Crippen molar-refractivity contribution < 1.29 is 17.9 Å². The molecule has 6 nitrogen and oxygen atoms in total. The number of hydrogen-bond acceptors (Lipinski definition) is 5. The SMILES string of the molecule is COc1cc2c(cc(C)n2S(=O)(=O)c2ccc(Cl)cc2Cl)c2c1OCCNC2. The second-order valence-electron chi connectivity index (χ2n) is 6.47. The summed E-state index contributed by atoms with van der Waals surface area (Å²) in [6.45, 7) is 3.49. The number of rotatable bonds is 3. The van der Waals surface area contributed by atoms with E-state index < -0.39 is 10.0 Å². The second-order valence-corrected chi connectivity index (χ2v) is 9.07. The van der Waals surface area contributed by atoms with Gasteiger partial charge in [0, 0.05) is 40.8 Å². The number of benzene rings is 2. The molecule has 1 N–H and O–H groups in total. The molecular formula is C19H18Cl2N2O4S. The topological polar surface area (TPSA) is 69.6 Å². The number of methoxy groups -OCH3 is 1. The minimum absolute atomic E-state index is 0.0116. The van der Waals surface area contributed by atoms with Gasteiger partial charge in [-0.1, -0.05) is 23.2 Å². The van der Waals surface area contributed by atoms with Gasteiger partial charge in [-0.3, -0.25) is 0 Å². The summed E-state index contributed by atoms with van der Waals surface area (Å²) in [5.41, 5.74) is 1.93. The van der Waals surface area contributed by atoms with Crippen LogP contribution in [0.1, 0.15) is 11.3 Å². The quantitative estimate of drug-likeness (QED) is 0.666. The number of nitrogens with zero attached hydrogens (tertiary/aromatic N) is 1. The zero-order valence-electron chi connectivity index (χ0n) is 15.3. The van der Waals surface area contributed by atoms with Crippen LogP contribution in [0, 0.1) is 6.92 Å². The van der Waals surface area contributed by atoms with Crippen LogP contribution >= 0.6 is 23.2 Å². The van der Waals surface area contributed by atoms with Crippen molar-refractivity contribution in [3.63, 3.8) is 0 Å². The van der Waals surface area contributed by atoms with E-state index in [9.17, 15) is 8.42 Å². The lowest BCUT2D eigenvalue weighted by atomic mass is 10.1. The van der Waals surface area contributed by atoms with Gasteiger partial charge < -0.3 is 14.8 Å². The Kier molecular flexibility index (Phi) is 4.95. The Labute approximate surface area is 173 Å². The largest absolute Gasteiger partial charge is 0.493 e. The fraction of sp³-hybridized carbons (Fsp3) is 0.263. The Morgan fingerprint density at radius 3 is 2.71 bits per heavy atom. The van der Waals surface area contributed by atoms with Crippen LogP contribution in [0.3, 0.4) is 0 Å². The Balaban J connectivity index is 2.03. The maximum atomic E-state index is 13.4. The van der Waals surface area contributed by atoms with Crippen LogP contribution in [-0.2, 0) is 16.6 Å². The molecule has 0 saturated heterocycles. The Morgan fingerprint density at radius 1 is 1.21 bits per heavy atom. The van der Waals surface area contributed by atoms with Crippen molar-refractivity contribution in [2.24, 2.45) is 0 Å². The number of ether oxygens (including phenoxy) is 2. The van der Waals surface area contributed by atoms with Crippen LogP contribution in [0.5, 0.6) is 11.5 Å². The van der Waals surface area contributed by atoms with E-state index in [2.05, 4.69) is 5.32 Å². The number of halogens is 2. The summed E-state index contributed by atoms with van der Waals surface area (Å²) in [7, 11) is -2.42. The van der Waals surface area contributed by atoms with Crippen molar-refractivity contribution in [2.45, 2.75) is 18.4 Å². The van der Waals surface area contributed by atoms with Gasteiger partial charge in [0.1, 0.15) is 11.5 Å². The molecule has 1 aliphatic heterocycles. The summed E-state index contributed by atoms with van der Waals surface area (Å²) in [6, 6.07) is 7.86. The maximum Gasteiger partial charge on any atom is 0.269 e. The van der Waals surface area contributed by atoms with Crippen molar-refractivity contribution in [3.05, 3.63) is 51.6 Å². The first-order chi connectivity index (χ1) is 13.3. The van der Waals surface area contributed by atoms with Gasteiger partial charge in [-0.05, 0) is 31.2 Å². The summed E-state index contributed by atoms with van der Waals surface area (Å²) in [4.78, 5) is -0.0116. The van der Waals surface area contributed by atoms with Crippen LogP contribution in [-0.4, -0.2) is 32.7 Å². The molecule has 148 valence electrons. The molecule has 2 heterocycles. The highest BCUT2D eigenvalue weighted by Gasteiger charge is 2.28. The molecule has 0 amide bonds. The first-order valence-electron chi connectivity index (χ1n) is 8.60. The average molecular weight is 441 g/mol. The van der Waals surface area contributed by atoms with E-state index in [4.69, 9.17) is 32.7 Å². The minimum atomic E-state index is -3.95. The van der Waals surface area contributed by atoms with E-state index >= 15 is 0 Å². The van der Waals surface area contributed by atoms with Crippen molar-refractivity contribution in [2.75, 3.05) is 20.3 Å². The highest BCUT2D eigenvalue weighted by Crippen LogP contribution is 2.41. The van der Waals surface area contributed by atoms with Gasteiger partial charge in [0.25, 0.3) is 10.0 Å². The number of aromatic nitrogens is 1. The molecule has 1 aromatic heterocycles. The Morgan fingerprint density at radius 2 is 2.00 bits per heavy atom. The van der Waals surface area contributed by atoms with Crippen molar-refractivity contribution in [1.82, 2.24) is 9.29 Å². The first-order valence-corrected chi connectivity index (χ1v) is 10.8. The smallest absolute Gasteiger partial charge is 0.269 e. The fourth-order valence-electron chi connectivity index (χ4n) is 3.51. The average Bonchev–Trinajstić information content (AvgIpc) is 2.81. The Bertz CT molecular complexity index is 1190. The minimum Gasteiger partial charge on any atom is -0.493 e. The molecule has 1 aliphatic rings. The van der Waals surface area contributed by atoms with Crippen molar-refractivity contribution >= 4 is 44.1 Å². The summed E-state index contributed by atoms with van der Waals surface area (Å²) >= 11 is 12.1. The molecule has 9 heteroatoms. The molecule has 0 saturated carbocycles. The molecule has 0 atom stereocenters. The molecule has 0 radical (unpaired) electrons. The highest BCUT2D eigenvalue weighted by atomic mass is 35.5. The van der Waals surface area contributed by atoms with Crippen molar-refractivity contribution in [1.29, 1.82) is 0 Å². The fourth-order valence-corrected chi connectivity index (χ4v) is 5.79. The van der Waals surface area contributed by atoms with Gasteiger partial charge >= 0.3 is 0 Å². The van der Waals surface area contributed by atoms with Gasteiger partial charge in [0.15, 0.2) is 11.5 Å². The predicted octanol–water partition coefficient (Wildman–Crippen LogP) is 3.98. The molecule has 4 rings (SSSR count). The van der Waals surface area contributed by atoms with Crippen LogP contribution < -0.4 is 14.8 Å². The van der Waals surface area contributed by atoms with E-state index in [-0.39, 0.29) is 9.92 Å². The highest BCUT2D eigenvalue weighted by molar-refractivity contribution is 7.90. The zero-order chi connectivity index (χ0) is 20.1. The van der Waals surface area contributed by atoms with E-state index in [1.165, 1.54) is 29.3 Å². The standard InChI is InChI=1S/C19H18Cl2N2O4S/c1-11-7-13-14-10-22-5-6-27-19(14)17(26-2)9-16(13)23(11)28(24,25)18-4-3-12(20)8-15(18)21/h3-4,7-9,22H,5-6,10H2,1-2H3. The summed E-state index contributed by atoms with van der Waals surface area (Å²) < 4.78 is 39.5. The molecule has 28 heavy (non-hydrogen) atoms. The van der Waals surface area contributed by atoms with E-state index in [1.807, 2.05) is 6.07 Å². The third-order valence-electron chi connectivity index (χ3n) is 4.72. The van der Waals surface area contributed by atoms with Crippen LogP contribution in [0.25, 0.3) is 10.9 Å². The van der Waals surface area contributed by atoms with Crippen LogP contribution in [0.4, 0.5) is 0 Å². The summed E-state index contributed by atoms with van der Waals surface area (Å²) in [5, 5.41) is 4.51. The van der Waals surface area contributed by atoms with Gasteiger partial charge in [-0.2, -0.15) is 0 Å². The molecule has 0 aliphatic carbocycles. The summed E-state index contributed by atoms with van der Waals surface area (Å²) in [6.07, 6.45) is 0. The van der Waals surface area contributed by atoms with Gasteiger partial charge in [-0.25, -0.2) is 12.4 Å². The lowest BCUT2D eigenvalue weighted by Gasteiger charge is -2.15. The van der Waals surface area contributed by atoms with Gasteiger partial charge in [0.05, 0.1) is 17.6 Å². The third kappa shape index (κ3) is 3.03. The van der Waals surface area contributed by atoms with Gasteiger partial charge in [0.2, 0.25) is 0 Å². The first kappa shape index (κ1) is 19.4. The molecule has 0 bridgehead atoms. The number of aryl methyl sites for hydroxylation is 1. The summed E-state index contributed by atoms with van der Waals surface area (Å²) in [5.74, 6) is 1.13. The van der Waals surface area contributed by atoms with E-state index in [1.54, 1.807) is 13.0 Å². The lowest BCUT2D eigenvalue weighted by molar-refractivity contribution is 0.302. The number of nitrogens with one attached hydrogen (secondary N) is 1.